The van der Waals surface area contributed by atoms with Gasteiger partial charge in [0.15, 0.2) is 0 Å². The van der Waals surface area contributed by atoms with Crippen LogP contribution in [0.15, 0.2) is 30.4 Å². The van der Waals surface area contributed by atoms with Crippen molar-refractivity contribution >= 4 is 51.4 Å². The van der Waals surface area contributed by atoms with E-state index < -0.39 is 91.7 Å². The predicted octanol–water partition coefficient (Wildman–Crippen LogP) is 3.50. The first-order chi connectivity index (χ1) is 23.0. The molecule has 1 saturated heterocycles. The van der Waals surface area contributed by atoms with Crippen LogP contribution in [0.1, 0.15) is 88.9 Å². The Hall–Kier alpha value is -3.72. The number of ether oxygens (including phenoxy) is 2. The molecule has 0 radical (unpaired) electrons. The van der Waals surface area contributed by atoms with E-state index in [1.807, 2.05) is 6.08 Å². The van der Waals surface area contributed by atoms with Crippen molar-refractivity contribution in [1.82, 2.24) is 20.3 Å². The lowest BCUT2D eigenvalue weighted by atomic mass is 10.0. The SMILES string of the molecule is CC(C)(C)OC(=O)N[C@H]1CCCCCC=C[C@@H]2C[C@@]2(C(=O)NS(=O)(=O)C2CC2)NC(=O)[C@@H]2C[C@@H](OC(=O)c3ccc(Cl)cc3F)CN2C1=O. The Labute approximate surface area is 289 Å². The zero-order valence-electron chi connectivity index (χ0n) is 27.6. The summed E-state index contributed by atoms with van der Waals surface area (Å²) >= 11 is 5.82. The number of hydrogen-bond acceptors (Lipinski definition) is 9. The Bertz CT molecular complexity index is 1640. The average molecular weight is 725 g/mol. The maximum absolute atomic E-state index is 14.5. The molecule has 0 bridgehead atoms. The summed E-state index contributed by atoms with van der Waals surface area (Å²) in [6, 6.07) is 1.03. The highest BCUT2D eigenvalue weighted by Crippen LogP contribution is 2.46. The molecule has 1 aromatic rings. The number of esters is 1. The van der Waals surface area contributed by atoms with Gasteiger partial charge in [0.1, 0.15) is 35.1 Å². The molecule has 13 nitrogen and oxygen atoms in total. The first kappa shape index (κ1) is 36.6. The molecule has 268 valence electrons. The average Bonchev–Trinajstić information content (AvgIpc) is 3.91. The summed E-state index contributed by atoms with van der Waals surface area (Å²) in [5.41, 5.74) is -2.83. The molecule has 1 aromatic carbocycles. The maximum atomic E-state index is 14.5. The summed E-state index contributed by atoms with van der Waals surface area (Å²) in [7, 11) is -3.93. The fourth-order valence-electron chi connectivity index (χ4n) is 6.17. The van der Waals surface area contributed by atoms with Gasteiger partial charge in [-0.25, -0.2) is 22.4 Å². The highest BCUT2D eigenvalue weighted by atomic mass is 35.5. The number of alkyl carbamates (subject to hydrolysis) is 1. The molecule has 0 aromatic heterocycles. The fourth-order valence-corrected chi connectivity index (χ4v) is 7.69. The molecule has 3 N–H and O–H groups in total. The second-order valence-corrected chi connectivity index (χ2v) is 16.5. The molecule has 3 fully saturated rings. The lowest BCUT2D eigenvalue weighted by Gasteiger charge is -2.30. The van der Waals surface area contributed by atoms with Crippen LogP contribution in [-0.4, -0.2) is 84.2 Å². The topological polar surface area (TPSA) is 177 Å². The van der Waals surface area contributed by atoms with Crippen LogP contribution in [0, 0.1) is 11.7 Å². The lowest BCUT2D eigenvalue weighted by molar-refractivity contribution is -0.141. The number of carbonyl (C=O) groups is 5. The first-order valence-corrected chi connectivity index (χ1v) is 18.4. The van der Waals surface area contributed by atoms with Crippen LogP contribution in [0.4, 0.5) is 9.18 Å². The van der Waals surface area contributed by atoms with Crippen molar-refractivity contribution in [3.8, 4) is 0 Å². The third-order valence-electron chi connectivity index (χ3n) is 8.96. The van der Waals surface area contributed by atoms with Crippen LogP contribution in [0.2, 0.25) is 5.02 Å². The van der Waals surface area contributed by atoms with Gasteiger partial charge in [-0.15, -0.1) is 0 Å². The number of nitrogens with zero attached hydrogens (tertiary/aromatic N) is 1. The number of rotatable bonds is 6. The molecule has 5 rings (SSSR count). The molecule has 2 saturated carbocycles. The number of nitrogens with one attached hydrogen (secondary N) is 3. The number of amides is 4. The smallest absolute Gasteiger partial charge is 0.408 e. The second kappa shape index (κ2) is 14.3. The van der Waals surface area contributed by atoms with Gasteiger partial charge in [-0.1, -0.05) is 36.6 Å². The first-order valence-electron chi connectivity index (χ1n) is 16.5. The van der Waals surface area contributed by atoms with Crippen molar-refractivity contribution in [1.29, 1.82) is 0 Å². The van der Waals surface area contributed by atoms with E-state index in [1.165, 1.54) is 11.0 Å². The van der Waals surface area contributed by atoms with Gasteiger partial charge in [-0.2, -0.15) is 0 Å². The summed E-state index contributed by atoms with van der Waals surface area (Å²) in [6.07, 6.45) is 5.43. The van der Waals surface area contributed by atoms with E-state index in [-0.39, 0.29) is 30.8 Å². The summed E-state index contributed by atoms with van der Waals surface area (Å²) < 4.78 is 53.0. The minimum absolute atomic E-state index is 0.0720. The maximum Gasteiger partial charge on any atom is 0.408 e. The summed E-state index contributed by atoms with van der Waals surface area (Å²) in [4.78, 5) is 68.7. The monoisotopic (exact) mass is 724 g/mol. The van der Waals surface area contributed by atoms with Crippen LogP contribution in [0.25, 0.3) is 0 Å². The van der Waals surface area contributed by atoms with Crippen molar-refractivity contribution < 1.29 is 46.3 Å². The number of carbonyl (C=O) groups excluding carboxylic acids is 5. The number of halogens is 2. The summed E-state index contributed by atoms with van der Waals surface area (Å²) in [5.74, 6) is -4.73. The Balaban J connectivity index is 1.43. The van der Waals surface area contributed by atoms with Crippen LogP contribution in [0.3, 0.4) is 0 Å². The highest BCUT2D eigenvalue weighted by Gasteiger charge is 2.62. The molecular formula is C33H42ClFN4O9S. The van der Waals surface area contributed by atoms with E-state index in [9.17, 15) is 36.8 Å². The Morgan fingerprint density at radius 1 is 1.10 bits per heavy atom. The van der Waals surface area contributed by atoms with Crippen LogP contribution in [0.5, 0.6) is 0 Å². The van der Waals surface area contributed by atoms with E-state index in [0.717, 1.165) is 18.6 Å². The molecule has 0 spiro atoms. The second-order valence-electron chi connectivity index (χ2n) is 14.1. The molecule has 2 aliphatic carbocycles. The van der Waals surface area contributed by atoms with Gasteiger partial charge in [-0.05, 0) is 77.5 Å². The van der Waals surface area contributed by atoms with Gasteiger partial charge >= 0.3 is 12.1 Å². The minimum Gasteiger partial charge on any atom is -0.457 e. The number of allylic oxidation sites excluding steroid dienone is 1. The van der Waals surface area contributed by atoms with Crippen molar-refractivity contribution in [3.63, 3.8) is 0 Å². The highest BCUT2D eigenvalue weighted by molar-refractivity contribution is 7.91. The molecule has 4 amide bonds. The largest absolute Gasteiger partial charge is 0.457 e. The third-order valence-corrected chi connectivity index (χ3v) is 11.0. The predicted molar refractivity (Wildman–Crippen MR) is 175 cm³/mol. The molecule has 0 unspecified atom stereocenters. The van der Waals surface area contributed by atoms with Crippen LogP contribution in [-0.2, 0) is 33.9 Å². The van der Waals surface area contributed by atoms with Crippen molar-refractivity contribution in [2.45, 2.75) is 113 Å². The van der Waals surface area contributed by atoms with Gasteiger partial charge < -0.3 is 25.0 Å². The molecule has 2 aliphatic heterocycles. The standard InChI is InChI=1S/C33H42ClFN4O9S/c1-32(2,3)48-31(44)36-25-10-8-6-4-5-7-9-19-17-33(19,30(43)38-49(45,46)22-12-13-22)37-27(40)26-16-21(18-39(26)28(25)41)47-29(42)23-14-11-20(34)15-24(23)35/h7,9,11,14-15,19,21-22,25-26H,4-6,8,10,12-13,16-18H2,1-3H3,(H,36,44)(H,37,40)(H,38,43)/t19-,21-,25+,26+,33-/m1/s1. The van der Waals surface area contributed by atoms with Crippen LogP contribution >= 0.6 is 11.6 Å². The van der Waals surface area contributed by atoms with E-state index in [2.05, 4.69) is 15.4 Å². The van der Waals surface area contributed by atoms with Crippen molar-refractivity contribution in [2.75, 3.05) is 6.54 Å². The zero-order chi connectivity index (χ0) is 35.7. The molecule has 4 aliphatic rings. The van der Waals surface area contributed by atoms with Gasteiger partial charge in [0.25, 0.3) is 5.91 Å². The minimum atomic E-state index is -3.93. The van der Waals surface area contributed by atoms with Crippen LogP contribution < -0.4 is 15.4 Å². The molecule has 5 atom stereocenters. The number of sulfonamides is 1. The zero-order valence-corrected chi connectivity index (χ0v) is 29.2. The summed E-state index contributed by atoms with van der Waals surface area (Å²) in [5, 5.41) is 4.76. The molecular weight excluding hydrogens is 683 g/mol. The van der Waals surface area contributed by atoms with E-state index in [0.29, 0.717) is 32.1 Å². The summed E-state index contributed by atoms with van der Waals surface area (Å²) in [6.45, 7) is 4.75. The van der Waals surface area contributed by atoms with Gasteiger partial charge in [-0.3, -0.25) is 19.1 Å². The number of benzene rings is 1. The lowest BCUT2D eigenvalue weighted by Crippen LogP contribution is -2.58. The Morgan fingerprint density at radius 2 is 1.84 bits per heavy atom. The number of fused-ring (bicyclic) bond motifs is 2. The van der Waals surface area contributed by atoms with Gasteiger partial charge in [0, 0.05) is 17.4 Å². The van der Waals surface area contributed by atoms with Gasteiger partial charge in [0.2, 0.25) is 21.8 Å². The molecule has 49 heavy (non-hydrogen) atoms. The van der Waals surface area contributed by atoms with E-state index in [1.54, 1.807) is 26.8 Å². The fraction of sp³-hybridized carbons (Fsp3) is 0.606. The molecule has 2 heterocycles. The Kier molecular flexibility index (Phi) is 10.6. The van der Waals surface area contributed by atoms with E-state index >= 15 is 0 Å². The quantitative estimate of drug-likeness (QED) is 0.293. The normalized spacial score (nSPS) is 27.8. The van der Waals surface area contributed by atoms with E-state index in [4.69, 9.17) is 21.1 Å². The van der Waals surface area contributed by atoms with Crippen molar-refractivity contribution in [3.05, 3.63) is 46.8 Å². The molecule has 16 heteroatoms. The Morgan fingerprint density at radius 3 is 2.51 bits per heavy atom. The third kappa shape index (κ3) is 8.91. The van der Waals surface area contributed by atoms with Gasteiger partial charge in [0.05, 0.1) is 17.4 Å². The van der Waals surface area contributed by atoms with Crippen molar-refractivity contribution in [2.24, 2.45) is 5.92 Å². The number of hydrogen-bond donors (Lipinski definition) is 3.